The zero-order chi connectivity index (χ0) is 14.3. The molecule has 0 aliphatic carbocycles. The van der Waals surface area contributed by atoms with Crippen LogP contribution in [-0.2, 0) is 5.75 Å². The molecule has 1 rings (SSSR count). The first-order valence-electron chi connectivity index (χ1n) is 7.06. The SMILES string of the molecule is CC(C)N(CC(O)CSCc1ccccc1)C(C)C. The lowest BCUT2D eigenvalue weighted by Crippen LogP contribution is -2.42. The summed E-state index contributed by atoms with van der Waals surface area (Å²) < 4.78 is 0. The van der Waals surface area contributed by atoms with Crippen LogP contribution in [-0.4, -0.2) is 40.5 Å². The number of rotatable bonds is 8. The van der Waals surface area contributed by atoms with E-state index in [-0.39, 0.29) is 6.10 Å². The maximum absolute atomic E-state index is 10.1. The maximum Gasteiger partial charge on any atom is 0.0757 e. The molecule has 0 saturated carbocycles. The monoisotopic (exact) mass is 281 g/mol. The zero-order valence-corrected chi connectivity index (χ0v) is 13.4. The van der Waals surface area contributed by atoms with E-state index in [4.69, 9.17) is 0 Å². The first kappa shape index (κ1) is 16.5. The van der Waals surface area contributed by atoms with Crippen LogP contribution in [0.25, 0.3) is 0 Å². The standard InChI is InChI=1S/C16H27NOS/c1-13(2)17(14(3)4)10-16(18)12-19-11-15-8-6-5-7-9-15/h5-9,13-14,16,18H,10-12H2,1-4H3. The van der Waals surface area contributed by atoms with Gasteiger partial charge in [-0.1, -0.05) is 30.3 Å². The average Bonchev–Trinajstić information content (AvgIpc) is 2.36. The van der Waals surface area contributed by atoms with Crippen LogP contribution in [0.5, 0.6) is 0 Å². The fraction of sp³-hybridized carbons (Fsp3) is 0.625. The van der Waals surface area contributed by atoms with E-state index in [2.05, 4.69) is 56.9 Å². The van der Waals surface area contributed by atoms with Gasteiger partial charge in [-0.25, -0.2) is 0 Å². The number of aliphatic hydroxyl groups is 1. The summed E-state index contributed by atoms with van der Waals surface area (Å²) in [4.78, 5) is 2.34. The van der Waals surface area contributed by atoms with Gasteiger partial charge >= 0.3 is 0 Å². The Hall–Kier alpha value is -0.510. The molecule has 0 aliphatic heterocycles. The molecular weight excluding hydrogens is 254 g/mol. The van der Waals surface area contributed by atoms with Crippen molar-refractivity contribution in [1.29, 1.82) is 0 Å². The fourth-order valence-corrected chi connectivity index (χ4v) is 3.12. The lowest BCUT2D eigenvalue weighted by molar-refractivity contribution is 0.0887. The molecule has 1 unspecified atom stereocenters. The number of aliphatic hydroxyl groups excluding tert-OH is 1. The average molecular weight is 281 g/mol. The lowest BCUT2D eigenvalue weighted by Gasteiger charge is -2.32. The van der Waals surface area contributed by atoms with E-state index >= 15 is 0 Å². The first-order valence-corrected chi connectivity index (χ1v) is 8.21. The molecule has 0 radical (unpaired) electrons. The van der Waals surface area contributed by atoms with Gasteiger partial charge in [-0.15, -0.1) is 0 Å². The molecule has 1 atom stereocenters. The van der Waals surface area contributed by atoms with Crippen molar-refractivity contribution in [3.8, 4) is 0 Å². The summed E-state index contributed by atoms with van der Waals surface area (Å²) in [5.41, 5.74) is 1.32. The second-order valence-corrected chi connectivity index (χ2v) is 6.57. The second kappa shape index (κ2) is 8.62. The summed E-state index contributed by atoms with van der Waals surface area (Å²) in [7, 11) is 0. The summed E-state index contributed by atoms with van der Waals surface area (Å²) >= 11 is 1.80. The largest absolute Gasteiger partial charge is 0.391 e. The molecule has 0 aromatic heterocycles. The molecule has 0 fully saturated rings. The third kappa shape index (κ3) is 6.46. The fourth-order valence-electron chi connectivity index (χ4n) is 2.20. The number of thioether (sulfide) groups is 1. The van der Waals surface area contributed by atoms with E-state index in [9.17, 15) is 5.11 Å². The Kier molecular flexibility index (Phi) is 7.51. The zero-order valence-electron chi connectivity index (χ0n) is 12.5. The van der Waals surface area contributed by atoms with Crippen molar-refractivity contribution in [2.45, 2.75) is 51.6 Å². The van der Waals surface area contributed by atoms with E-state index in [1.165, 1.54) is 5.56 Å². The summed E-state index contributed by atoms with van der Waals surface area (Å²) in [5.74, 6) is 1.77. The number of nitrogens with zero attached hydrogens (tertiary/aromatic N) is 1. The van der Waals surface area contributed by atoms with E-state index in [1.807, 2.05) is 6.07 Å². The Bertz CT molecular complexity index is 332. The van der Waals surface area contributed by atoms with Crippen molar-refractivity contribution in [3.05, 3.63) is 35.9 Å². The highest BCUT2D eigenvalue weighted by atomic mass is 32.2. The van der Waals surface area contributed by atoms with Gasteiger partial charge in [-0.3, -0.25) is 4.90 Å². The number of benzene rings is 1. The predicted molar refractivity (Wildman–Crippen MR) is 85.6 cm³/mol. The van der Waals surface area contributed by atoms with Gasteiger partial charge in [-0.05, 0) is 33.3 Å². The highest BCUT2D eigenvalue weighted by molar-refractivity contribution is 7.98. The van der Waals surface area contributed by atoms with E-state index in [1.54, 1.807) is 11.8 Å². The van der Waals surface area contributed by atoms with Crippen LogP contribution in [0.1, 0.15) is 33.3 Å². The Labute approximate surface area is 122 Å². The van der Waals surface area contributed by atoms with Crippen LogP contribution < -0.4 is 0 Å². The minimum atomic E-state index is -0.251. The van der Waals surface area contributed by atoms with Crippen molar-refractivity contribution in [2.75, 3.05) is 12.3 Å². The Morgan fingerprint density at radius 2 is 1.63 bits per heavy atom. The topological polar surface area (TPSA) is 23.5 Å². The van der Waals surface area contributed by atoms with Crippen LogP contribution in [0.3, 0.4) is 0 Å². The molecule has 0 heterocycles. The number of hydrogen-bond acceptors (Lipinski definition) is 3. The smallest absolute Gasteiger partial charge is 0.0757 e. The Balaban J connectivity index is 2.29. The summed E-state index contributed by atoms with van der Waals surface area (Å²) in [6, 6.07) is 11.4. The van der Waals surface area contributed by atoms with Crippen LogP contribution in [0.4, 0.5) is 0 Å². The lowest BCUT2D eigenvalue weighted by atomic mass is 10.2. The molecule has 0 aliphatic rings. The van der Waals surface area contributed by atoms with Crippen LogP contribution in [0.2, 0.25) is 0 Å². The summed E-state index contributed by atoms with van der Waals surface area (Å²) in [6.07, 6.45) is -0.251. The van der Waals surface area contributed by atoms with Gasteiger partial charge in [0, 0.05) is 30.1 Å². The van der Waals surface area contributed by atoms with Gasteiger partial charge in [0.05, 0.1) is 6.10 Å². The number of hydrogen-bond donors (Lipinski definition) is 1. The van der Waals surface area contributed by atoms with Crippen molar-refractivity contribution in [1.82, 2.24) is 4.90 Å². The third-order valence-corrected chi connectivity index (χ3v) is 4.33. The van der Waals surface area contributed by atoms with Gasteiger partial charge in [0.2, 0.25) is 0 Å². The first-order chi connectivity index (χ1) is 9.00. The Morgan fingerprint density at radius 1 is 1.05 bits per heavy atom. The molecule has 0 saturated heterocycles. The molecule has 19 heavy (non-hydrogen) atoms. The minimum absolute atomic E-state index is 0.251. The van der Waals surface area contributed by atoms with Gasteiger partial charge in [0.1, 0.15) is 0 Å². The maximum atomic E-state index is 10.1. The highest BCUT2D eigenvalue weighted by Crippen LogP contribution is 2.14. The molecule has 1 aromatic carbocycles. The van der Waals surface area contributed by atoms with Crippen LogP contribution in [0.15, 0.2) is 30.3 Å². The van der Waals surface area contributed by atoms with Crippen molar-refractivity contribution >= 4 is 11.8 Å². The van der Waals surface area contributed by atoms with Gasteiger partial charge < -0.3 is 5.11 Å². The quantitative estimate of drug-likeness (QED) is 0.790. The predicted octanol–water partition coefficient (Wildman–Crippen LogP) is 3.40. The van der Waals surface area contributed by atoms with Crippen molar-refractivity contribution in [3.63, 3.8) is 0 Å². The molecule has 0 amide bonds. The molecular formula is C16H27NOS. The van der Waals surface area contributed by atoms with Crippen molar-refractivity contribution < 1.29 is 5.11 Å². The minimum Gasteiger partial charge on any atom is -0.391 e. The van der Waals surface area contributed by atoms with E-state index in [0.29, 0.717) is 12.1 Å². The normalized spacial score (nSPS) is 13.5. The molecule has 108 valence electrons. The van der Waals surface area contributed by atoms with E-state index in [0.717, 1.165) is 18.1 Å². The van der Waals surface area contributed by atoms with Gasteiger partial charge in [0.25, 0.3) is 0 Å². The molecule has 2 nitrogen and oxygen atoms in total. The molecule has 1 aromatic rings. The van der Waals surface area contributed by atoms with Crippen LogP contribution in [0, 0.1) is 0 Å². The van der Waals surface area contributed by atoms with Gasteiger partial charge in [0.15, 0.2) is 0 Å². The Morgan fingerprint density at radius 3 is 2.16 bits per heavy atom. The molecule has 0 spiro atoms. The molecule has 3 heteroatoms. The summed E-state index contributed by atoms with van der Waals surface area (Å²) in [6.45, 7) is 9.50. The second-order valence-electron chi connectivity index (χ2n) is 5.54. The molecule has 1 N–H and O–H groups in total. The van der Waals surface area contributed by atoms with Gasteiger partial charge in [-0.2, -0.15) is 11.8 Å². The third-order valence-electron chi connectivity index (χ3n) is 3.17. The highest BCUT2D eigenvalue weighted by Gasteiger charge is 2.17. The van der Waals surface area contributed by atoms with Crippen LogP contribution >= 0.6 is 11.8 Å². The molecule has 0 bridgehead atoms. The van der Waals surface area contributed by atoms with Crippen molar-refractivity contribution in [2.24, 2.45) is 0 Å². The van der Waals surface area contributed by atoms with E-state index < -0.39 is 0 Å². The summed E-state index contributed by atoms with van der Waals surface area (Å²) in [5, 5.41) is 10.1.